The van der Waals surface area contributed by atoms with Crippen LogP contribution >= 0.6 is 0 Å². The van der Waals surface area contributed by atoms with E-state index < -0.39 is 4.92 Å². The van der Waals surface area contributed by atoms with Gasteiger partial charge in [0.25, 0.3) is 0 Å². The summed E-state index contributed by atoms with van der Waals surface area (Å²) in [7, 11) is 0. The maximum absolute atomic E-state index is 11.0. The van der Waals surface area contributed by atoms with Crippen LogP contribution in [0.2, 0.25) is 0 Å². The number of hydrogen-bond acceptors (Lipinski definition) is 4. The standard InChI is InChI=1S/C15H24N2O3/c1-5-9-20-15-10-13(7-8-14(15)17(18)19)11(3)12(4)16-6-2/h7-8,10-12,16H,5-6,9H2,1-4H3. The lowest BCUT2D eigenvalue weighted by atomic mass is 9.94. The largest absolute Gasteiger partial charge is 0.487 e. The summed E-state index contributed by atoms with van der Waals surface area (Å²) >= 11 is 0. The molecule has 0 radical (unpaired) electrons. The topological polar surface area (TPSA) is 64.4 Å². The first-order valence-corrected chi connectivity index (χ1v) is 7.15. The van der Waals surface area contributed by atoms with Crippen molar-refractivity contribution in [1.29, 1.82) is 0 Å². The van der Waals surface area contributed by atoms with E-state index in [-0.39, 0.29) is 11.6 Å². The van der Waals surface area contributed by atoms with E-state index in [0.29, 0.717) is 18.4 Å². The SMILES string of the molecule is CCCOc1cc(C(C)C(C)NCC)ccc1[N+](=O)[O-]. The summed E-state index contributed by atoms with van der Waals surface area (Å²) in [6, 6.07) is 5.46. The van der Waals surface area contributed by atoms with E-state index in [1.807, 2.05) is 13.0 Å². The number of rotatable bonds is 8. The first-order chi connectivity index (χ1) is 9.51. The number of nitrogens with zero attached hydrogens (tertiary/aromatic N) is 1. The third kappa shape index (κ3) is 4.20. The van der Waals surface area contributed by atoms with Gasteiger partial charge in [0.2, 0.25) is 0 Å². The minimum atomic E-state index is -0.396. The van der Waals surface area contributed by atoms with Gasteiger partial charge in [-0.25, -0.2) is 0 Å². The van der Waals surface area contributed by atoms with Gasteiger partial charge in [0.1, 0.15) is 0 Å². The maximum atomic E-state index is 11.0. The molecule has 5 nitrogen and oxygen atoms in total. The summed E-state index contributed by atoms with van der Waals surface area (Å²) in [5.41, 5.74) is 1.08. The van der Waals surface area contributed by atoms with E-state index in [1.165, 1.54) is 6.07 Å². The Kier molecular flexibility index (Phi) is 6.45. The highest BCUT2D eigenvalue weighted by Gasteiger charge is 2.20. The Morgan fingerprint density at radius 1 is 1.35 bits per heavy atom. The summed E-state index contributed by atoms with van der Waals surface area (Å²) in [5.74, 6) is 0.629. The second-order valence-electron chi connectivity index (χ2n) is 4.97. The van der Waals surface area contributed by atoms with Gasteiger partial charge in [-0.15, -0.1) is 0 Å². The number of nitrogens with one attached hydrogen (secondary N) is 1. The lowest BCUT2D eigenvalue weighted by Crippen LogP contribution is -2.30. The summed E-state index contributed by atoms with van der Waals surface area (Å²) in [6.07, 6.45) is 0.824. The van der Waals surface area contributed by atoms with Gasteiger partial charge in [-0.2, -0.15) is 0 Å². The second-order valence-corrected chi connectivity index (χ2v) is 4.97. The Labute approximate surface area is 120 Å². The normalized spacial score (nSPS) is 13.8. The summed E-state index contributed by atoms with van der Waals surface area (Å²) in [5, 5.41) is 14.4. The van der Waals surface area contributed by atoms with Crippen LogP contribution in [0, 0.1) is 10.1 Å². The molecule has 2 unspecified atom stereocenters. The van der Waals surface area contributed by atoms with Crippen LogP contribution in [0.25, 0.3) is 0 Å². The zero-order chi connectivity index (χ0) is 15.1. The Bertz CT molecular complexity index is 449. The predicted octanol–water partition coefficient (Wildman–Crippen LogP) is 3.49. The Hall–Kier alpha value is -1.62. The molecule has 0 aliphatic carbocycles. The average molecular weight is 280 g/mol. The van der Waals surface area contributed by atoms with Crippen LogP contribution in [-0.4, -0.2) is 24.1 Å². The van der Waals surface area contributed by atoms with Crippen molar-refractivity contribution < 1.29 is 9.66 Å². The summed E-state index contributed by atoms with van der Waals surface area (Å²) < 4.78 is 5.52. The van der Waals surface area contributed by atoms with Crippen molar-refractivity contribution in [2.24, 2.45) is 0 Å². The number of likely N-dealkylation sites (N-methyl/N-ethyl adjacent to an activating group) is 1. The van der Waals surface area contributed by atoms with E-state index in [1.54, 1.807) is 6.07 Å². The smallest absolute Gasteiger partial charge is 0.310 e. The van der Waals surface area contributed by atoms with E-state index in [2.05, 4.69) is 26.1 Å². The van der Waals surface area contributed by atoms with Gasteiger partial charge in [-0.05, 0) is 37.4 Å². The van der Waals surface area contributed by atoms with Gasteiger partial charge in [0.15, 0.2) is 5.75 Å². The third-order valence-electron chi connectivity index (χ3n) is 3.44. The molecule has 2 atom stereocenters. The third-order valence-corrected chi connectivity index (χ3v) is 3.44. The van der Waals surface area contributed by atoms with Crippen LogP contribution in [0.1, 0.15) is 45.6 Å². The average Bonchev–Trinajstić information content (AvgIpc) is 2.44. The molecule has 0 spiro atoms. The molecule has 0 aromatic heterocycles. The fraction of sp³-hybridized carbons (Fsp3) is 0.600. The van der Waals surface area contributed by atoms with Crippen molar-refractivity contribution in [2.45, 2.75) is 46.1 Å². The first-order valence-electron chi connectivity index (χ1n) is 7.15. The minimum Gasteiger partial charge on any atom is -0.487 e. The van der Waals surface area contributed by atoms with Crippen molar-refractivity contribution in [1.82, 2.24) is 5.32 Å². The van der Waals surface area contributed by atoms with Crippen LogP contribution in [-0.2, 0) is 0 Å². The minimum absolute atomic E-state index is 0.0329. The molecule has 20 heavy (non-hydrogen) atoms. The molecule has 0 bridgehead atoms. The van der Waals surface area contributed by atoms with Gasteiger partial charge in [-0.3, -0.25) is 10.1 Å². The first kappa shape index (κ1) is 16.4. The molecule has 5 heteroatoms. The molecule has 0 saturated carbocycles. The van der Waals surface area contributed by atoms with E-state index in [9.17, 15) is 10.1 Å². The lowest BCUT2D eigenvalue weighted by Gasteiger charge is -2.21. The van der Waals surface area contributed by atoms with Crippen LogP contribution in [0.4, 0.5) is 5.69 Å². The van der Waals surface area contributed by atoms with Crippen molar-refractivity contribution in [2.75, 3.05) is 13.2 Å². The lowest BCUT2D eigenvalue weighted by molar-refractivity contribution is -0.385. The zero-order valence-electron chi connectivity index (χ0n) is 12.7. The zero-order valence-corrected chi connectivity index (χ0v) is 12.7. The molecule has 112 valence electrons. The Morgan fingerprint density at radius 2 is 2.05 bits per heavy atom. The van der Waals surface area contributed by atoms with E-state index >= 15 is 0 Å². The number of hydrogen-bond donors (Lipinski definition) is 1. The van der Waals surface area contributed by atoms with Gasteiger partial charge in [0, 0.05) is 12.1 Å². The Morgan fingerprint density at radius 3 is 2.60 bits per heavy atom. The predicted molar refractivity (Wildman–Crippen MR) is 80.4 cm³/mol. The molecule has 0 saturated heterocycles. The van der Waals surface area contributed by atoms with Crippen molar-refractivity contribution in [3.63, 3.8) is 0 Å². The molecule has 0 aliphatic rings. The fourth-order valence-corrected chi connectivity index (χ4v) is 2.08. The van der Waals surface area contributed by atoms with Crippen molar-refractivity contribution in [3.05, 3.63) is 33.9 Å². The monoisotopic (exact) mass is 280 g/mol. The summed E-state index contributed by atoms with van der Waals surface area (Å²) in [6.45, 7) is 9.65. The van der Waals surface area contributed by atoms with E-state index in [0.717, 1.165) is 18.5 Å². The highest BCUT2D eigenvalue weighted by Crippen LogP contribution is 2.31. The molecule has 1 aromatic rings. The molecule has 0 fully saturated rings. The quantitative estimate of drug-likeness (QED) is 0.585. The molecule has 0 amide bonds. The second kappa shape index (κ2) is 7.85. The molecule has 1 N–H and O–H groups in total. The van der Waals surface area contributed by atoms with Crippen LogP contribution in [0.15, 0.2) is 18.2 Å². The molecule has 0 aliphatic heterocycles. The maximum Gasteiger partial charge on any atom is 0.310 e. The number of nitro groups is 1. The molecule has 1 rings (SSSR count). The highest BCUT2D eigenvalue weighted by molar-refractivity contribution is 5.49. The number of ether oxygens (including phenoxy) is 1. The van der Waals surface area contributed by atoms with Crippen molar-refractivity contribution >= 4 is 5.69 Å². The molecular formula is C15H24N2O3. The Balaban J connectivity index is 3.01. The van der Waals surface area contributed by atoms with Gasteiger partial charge >= 0.3 is 5.69 Å². The van der Waals surface area contributed by atoms with Gasteiger partial charge in [0.05, 0.1) is 11.5 Å². The van der Waals surface area contributed by atoms with Gasteiger partial charge < -0.3 is 10.1 Å². The number of nitro benzene ring substituents is 1. The van der Waals surface area contributed by atoms with Gasteiger partial charge in [-0.1, -0.05) is 26.8 Å². The van der Waals surface area contributed by atoms with Crippen molar-refractivity contribution in [3.8, 4) is 5.75 Å². The highest BCUT2D eigenvalue weighted by atomic mass is 16.6. The molecule has 1 aromatic carbocycles. The number of benzene rings is 1. The molecular weight excluding hydrogens is 256 g/mol. The van der Waals surface area contributed by atoms with E-state index in [4.69, 9.17) is 4.74 Å². The van der Waals surface area contributed by atoms with Crippen LogP contribution in [0.5, 0.6) is 5.75 Å². The fourth-order valence-electron chi connectivity index (χ4n) is 2.08. The van der Waals surface area contributed by atoms with Crippen LogP contribution < -0.4 is 10.1 Å². The summed E-state index contributed by atoms with van der Waals surface area (Å²) in [4.78, 5) is 10.6. The van der Waals surface area contributed by atoms with Crippen LogP contribution in [0.3, 0.4) is 0 Å². The molecule has 0 heterocycles.